The Morgan fingerprint density at radius 1 is 0.941 bits per heavy atom. The Balaban J connectivity index is 1.46. The molecule has 0 saturated carbocycles. The largest absolute Gasteiger partial charge is 0.495 e. The van der Waals surface area contributed by atoms with Crippen LogP contribution in [0.3, 0.4) is 0 Å². The SMILES string of the molecule is COc1ccccc1N1C(=O)C(Cl)=C(Nc2cccc(C(=O)NCCc3ccccc3)c2)C1=O. The van der Waals surface area contributed by atoms with Gasteiger partial charge in [0, 0.05) is 17.8 Å². The fourth-order valence-electron chi connectivity index (χ4n) is 3.59. The summed E-state index contributed by atoms with van der Waals surface area (Å²) in [6, 6.07) is 23.2. The molecule has 34 heavy (non-hydrogen) atoms. The Labute approximate surface area is 202 Å². The molecular weight excluding hydrogens is 454 g/mol. The van der Waals surface area contributed by atoms with Crippen LogP contribution in [0.25, 0.3) is 0 Å². The quantitative estimate of drug-likeness (QED) is 0.479. The highest BCUT2D eigenvalue weighted by atomic mass is 35.5. The highest BCUT2D eigenvalue weighted by Gasteiger charge is 2.40. The number of nitrogens with one attached hydrogen (secondary N) is 2. The van der Waals surface area contributed by atoms with Crippen LogP contribution in [0.5, 0.6) is 5.75 Å². The zero-order chi connectivity index (χ0) is 24.1. The van der Waals surface area contributed by atoms with Crippen molar-refractivity contribution in [3.63, 3.8) is 0 Å². The van der Waals surface area contributed by atoms with Crippen LogP contribution in [0, 0.1) is 0 Å². The number of hydrogen-bond acceptors (Lipinski definition) is 5. The van der Waals surface area contributed by atoms with Crippen molar-refractivity contribution < 1.29 is 19.1 Å². The highest BCUT2D eigenvalue weighted by molar-refractivity contribution is 6.53. The van der Waals surface area contributed by atoms with Crippen LogP contribution in [0.1, 0.15) is 15.9 Å². The van der Waals surface area contributed by atoms with E-state index >= 15 is 0 Å². The molecule has 0 aliphatic carbocycles. The Kier molecular flexibility index (Phi) is 6.94. The minimum absolute atomic E-state index is 0.0702. The van der Waals surface area contributed by atoms with E-state index in [1.807, 2.05) is 30.3 Å². The van der Waals surface area contributed by atoms with Crippen LogP contribution in [0.2, 0.25) is 0 Å². The lowest BCUT2D eigenvalue weighted by Crippen LogP contribution is -2.32. The van der Waals surface area contributed by atoms with Crippen molar-refractivity contribution in [3.05, 3.63) is 101 Å². The molecule has 2 N–H and O–H groups in total. The third-order valence-corrected chi connectivity index (χ3v) is 5.64. The Bertz CT molecular complexity index is 1270. The maximum absolute atomic E-state index is 13.1. The van der Waals surface area contributed by atoms with Crippen molar-refractivity contribution in [1.29, 1.82) is 0 Å². The van der Waals surface area contributed by atoms with Gasteiger partial charge in [-0.2, -0.15) is 0 Å². The molecule has 0 saturated heterocycles. The van der Waals surface area contributed by atoms with E-state index in [1.165, 1.54) is 7.11 Å². The molecule has 3 aromatic carbocycles. The van der Waals surface area contributed by atoms with Crippen molar-refractivity contribution in [1.82, 2.24) is 5.32 Å². The molecule has 1 aliphatic heterocycles. The van der Waals surface area contributed by atoms with E-state index < -0.39 is 11.8 Å². The normalized spacial score (nSPS) is 13.3. The third-order valence-electron chi connectivity index (χ3n) is 5.29. The topological polar surface area (TPSA) is 87.7 Å². The van der Waals surface area contributed by atoms with Crippen LogP contribution in [0.4, 0.5) is 11.4 Å². The van der Waals surface area contributed by atoms with E-state index in [-0.39, 0.29) is 16.6 Å². The number of rotatable bonds is 8. The van der Waals surface area contributed by atoms with Crippen molar-refractivity contribution in [2.45, 2.75) is 6.42 Å². The van der Waals surface area contributed by atoms with E-state index in [9.17, 15) is 14.4 Å². The first-order valence-corrected chi connectivity index (χ1v) is 11.0. The molecule has 1 heterocycles. The second-order valence-electron chi connectivity index (χ2n) is 7.50. The number of ether oxygens (including phenoxy) is 1. The Hall–Kier alpha value is -4.10. The van der Waals surface area contributed by atoms with E-state index in [1.54, 1.807) is 48.5 Å². The van der Waals surface area contributed by atoms with Gasteiger partial charge in [-0.3, -0.25) is 14.4 Å². The van der Waals surface area contributed by atoms with Crippen LogP contribution < -0.4 is 20.3 Å². The molecule has 0 bridgehead atoms. The average Bonchev–Trinajstić information content (AvgIpc) is 3.07. The second-order valence-corrected chi connectivity index (χ2v) is 7.88. The summed E-state index contributed by atoms with van der Waals surface area (Å²) in [5.41, 5.74) is 2.21. The molecule has 3 amide bonds. The molecule has 172 valence electrons. The number of anilines is 2. The molecule has 0 atom stereocenters. The van der Waals surface area contributed by atoms with E-state index in [4.69, 9.17) is 16.3 Å². The predicted octanol–water partition coefficient (Wildman–Crippen LogP) is 4.10. The number of para-hydroxylation sites is 2. The van der Waals surface area contributed by atoms with Gasteiger partial charge in [0.2, 0.25) is 0 Å². The van der Waals surface area contributed by atoms with Crippen molar-refractivity contribution in [2.75, 3.05) is 23.9 Å². The Morgan fingerprint density at radius 2 is 1.68 bits per heavy atom. The summed E-state index contributed by atoms with van der Waals surface area (Å²) in [7, 11) is 1.45. The molecule has 3 aromatic rings. The summed E-state index contributed by atoms with van der Waals surface area (Å²) < 4.78 is 5.27. The minimum atomic E-state index is -0.659. The fourth-order valence-corrected chi connectivity index (χ4v) is 3.81. The van der Waals surface area contributed by atoms with Crippen LogP contribution in [-0.4, -0.2) is 31.4 Å². The van der Waals surface area contributed by atoms with E-state index in [2.05, 4.69) is 10.6 Å². The van der Waals surface area contributed by atoms with Crippen LogP contribution in [0.15, 0.2) is 89.6 Å². The zero-order valence-electron chi connectivity index (χ0n) is 18.4. The molecule has 0 unspecified atom stereocenters. The smallest absolute Gasteiger partial charge is 0.283 e. The molecule has 0 radical (unpaired) electrons. The van der Waals surface area contributed by atoms with Crippen molar-refractivity contribution in [3.8, 4) is 5.75 Å². The number of carbonyl (C=O) groups excluding carboxylic acids is 3. The summed E-state index contributed by atoms with van der Waals surface area (Å²) in [4.78, 5) is 39.4. The van der Waals surface area contributed by atoms with Crippen molar-refractivity contribution >= 4 is 40.7 Å². The van der Waals surface area contributed by atoms with Gasteiger partial charge >= 0.3 is 0 Å². The number of hydrogen-bond donors (Lipinski definition) is 2. The van der Waals surface area contributed by atoms with Gasteiger partial charge in [-0.15, -0.1) is 0 Å². The van der Waals surface area contributed by atoms with Gasteiger partial charge in [0.05, 0.1) is 12.8 Å². The number of amides is 3. The average molecular weight is 476 g/mol. The number of methoxy groups -OCH3 is 1. The lowest BCUT2D eigenvalue weighted by molar-refractivity contribution is -0.120. The number of nitrogens with zero attached hydrogens (tertiary/aromatic N) is 1. The van der Waals surface area contributed by atoms with Crippen LogP contribution in [-0.2, 0) is 16.0 Å². The molecular formula is C26H22ClN3O4. The van der Waals surface area contributed by atoms with Crippen molar-refractivity contribution in [2.24, 2.45) is 0 Å². The second kappa shape index (κ2) is 10.2. The van der Waals surface area contributed by atoms with Gasteiger partial charge in [0.15, 0.2) is 0 Å². The number of halogens is 1. The molecule has 8 heteroatoms. The zero-order valence-corrected chi connectivity index (χ0v) is 19.1. The highest BCUT2D eigenvalue weighted by Crippen LogP contribution is 2.35. The lowest BCUT2D eigenvalue weighted by Gasteiger charge is -2.18. The molecule has 4 rings (SSSR count). The molecule has 0 fully saturated rings. The standard InChI is InChI=1S/C26H22ClN3O4/c1-34-21-13-6-5-12-20(21)30-25(32)22(27)23(26(30)33)29-19-11-7-10-18(16-19)24(31)28-15-14-17-8-3-2-4-9-17/h2-13,16,29H,14-15H2,1H3,(H,28,31). The third kappa shape index (κ3) is 4.79. The maximum atomic E-state index is 13.1. The summed E-state index contributed by atoms with van der Waals surface area (Å²) in [5, 5.41) is 5.54. The fraction of sp³-hybridized carbons (Fsp3) is 0.115. The number of benzene rings is 3. The van der Waals surface area contributed by atoms with E-state index in [0.717, 1.165) is 10.5 Å². The van der Waals surface area contributed by atoms with Gasteiger partial charge in [0.25, 0.3) is 17.7 Å². The summed E-state index contributed by atoms with van der Waals surface area (Å²) in [5.74, 6) is -1.15. The Morgan fingerprint density at radius 3 is 2.44 bits per heavy atom. The predicted molar refractivity (Wildman–Crippen MR) is 131 cm³/mol. The van der Waals surface area contributed by atoms with Gasteiger partial charge < -0.3 is 15.4 Å². The van der Waals surface area contributed by atoms with Gasteiger partial charge in [-0.1, -0.05) is 60.1 Å². The summed E-state index contributed by atoms with van der Waals surface area (Å²) in [6.07, 6.45) is 0.711. The molecule has 1 aliphatic rings. The number of imide groups is 1. The first kappa shape index (κ1) is 23.1. The first-order chi connectivity index (χ1) is 16.5. The maximum Gasteiger partial charge on any atom is 0.283 e. The van der Waals surface area contributed by atoms with Gasteiger partial charge in [-0.25, -0.2) is 4.90 Å². The lowest BCUT2D eigenvalue weighted by atomic mass is 10.1. The van der Waals surface area contributed by atoms with Gasteiger partial charge in [0.1, 0.15) is 16.5 Å². The van der Waals surface area contributed by atoms with E-state index in [0.29, 0.717) is 35.7 Å². The van der Waals surface area contributed by atoms with Gasteiger partial charge in [-0.05, 0) is 42.3 Å². The molecule has 7 nitrogen and oxygen atoms in total. The monoisotopic (exact) mass is 475 g/mol. The summed E-state index contributed by atoms with van der Waals surface area (Å²) in [6.45, 7) is 0.484. The number of carbonyl (C=O) groups is 3. The molecule has 0 spiro atoms. The first-order valence-electron chi connectivity index (χ1n) is 10.6. The summed E-state index contributed by atoms with van der Waals surface area (Å²) >= 11 is 6.23. The minimum Gasteiger partial charge on any atom is -0.495 e. The van der Waals surface area contributed by atoms with Crippen LogP contribution >= 0.6 is 11.6 Å². The molecule has 0 aromatic heterocycles.